The molecule has 1 aliphatic heterocycles. The number of oxazole rings is 1. The second-order valence-corrected chi connectivity index (χ2v) is 5.93. The summed E-state index contributed by atoms with van der Waals surface area (Å²) in [5, 5.41) is 12.2. The van der Waals surface area contributed by atoms with E-state index in [0.29, 0.717) is 31.0 Å². The second kappa shape index (κ2) is 7.74. The summed E-state index contributed by atoms with van der Waals surface area (Å²) >= 11 is 0. The molecule has 124 valence electrons. The van der Waals surface area contributed by atoms with Crippen LogP contribution in [0, 0.1) is 5.41 Å². The van der Waals surface area contributed by atoms with Crippen molar-refractivity contribution in [2.24, 2.45) is 5.41 Å². The van der Waals surface area contributed by atoms with Crippen molar-refractivity contribution in [3.05, 3.63) is 17.8 Å². The SMILES string of the molecule is CCC(CC)(CCO)CNC(=O)c1ncoc1C1CCCO1. The van der Waals surface area contributed by atoms with E-state index in [1.54, 1.807) is 0 Å². The third-order valence-electron chi connectivity index (χ3n) is 4.80. The van der Waals surface area contributed by atoms with Gasteiger partial charge in [-0.1, -0.05) is 13.8 Å². The molecule has 0 aliphatic carbocycles. The van der Waals surface area contributed by atoms with E-state index in [2.05, 4.69) is 24.1 Å². The first kappa shape index (κ1) is 17.0. The normalized spacial score (nSPS) is 18.6. The molecule has 1 atom stereocenters. The molecule has 0 spiro atoms. The zero-order chi connectivity index (χ0) is 16.0. The first-order valence-corrected chi connectivity index (χ1v) is 8.10. The second-order valence-electron chi connectivity index (χ2n) is 5.93. The largest absolute Gasteiger partial charge is 0.445 e. The Bertz CT molecular complexity index is 476. The monoisotopic (exact) mass is 310 g/mol. The zero-order valence-electron chi connectivity index (χ0n) is 13.4. The minimum atomic E-state index is -0.233. The van der Waals surface area contributed by atoms with Crippen molar-refractivity contribution in [2.75, 3.05) is 19.8 Å². The third-order valence-corrected chi connectivity index (χ3v) is 4.80. The van der Waals surface area contributed by atoms with Crippen LogP contribution in [0.2, 0.25) is 0 Å². The van der Waals surface area contributed by atoms with Crippen LogP contribution in [-0.2, 0) is 4.74 Å². The van der Waals surface area contributed by atoms with Crippen molar-refractivity contribution < 1.29 is 19.1 Å². The van der Waals surface area contributed by atoms with Gasteiger partial charge in [-0.05, 0) is 37.5 Å². The lowest BCUT2D eigenvalue weighted by atomic mass is 9.79. The van der Waals surface area contributed by atoms with Crippen LogP contribution in [0.4, 0.5) is 0 Å². The van der Waals surface area contributed by atoms with Gasteiger partial charge in [-0.2, -0.15) is 0 Å². The molecule has 0 bridgehead atoms. The highest BCUT2D eigenvalue weighted by Crippen LogP contribution is 2.31. The van der Waals surface area contributed by atoms with Crippen LogP contribution < -0.4 is 5.32 Å². The molecule has 0 aromatic carbocycles. The molecular formula is C16H26N2O4. The van der Waals surface area contributed by atoms with Gasteiger partial charge in [0.05, 0.1) is 0 Å². The summed E-state index contributed by atoms with van der Waals surface area (Å²) in [6, 6.07) is 0. The molecule has 6 heteroatoms. The number of aromatic nitrogens is 1. The van der Waals surface area contributed by atoms with Gasteiger partial charge in [0, 0.05) is 19.8 Å². The fourth-order valence-electron chi connectivity index (χ4n) is 2.97. The van der Waals surface area contributed by atoms with Crippen LogP contribution in [0.5, 0.6) is 0 Å². The van der Waals surface area contributed by atoms with Crippen LogP contribution in [0.1, 0.15) is 68.3 Å². The van der Waals surface area contributed by atoms with Gasteiger partial charge < -0.3 is 19.6 Å². The van der Waals surface area contributed by atoms with E-state index < -0.39 is 0 Å². The molecule has 2 rings (SSSR count). The maximum atomic E-state index is 12.4. The van der Waals surface area contributed by atoms with Gasteiger partial charge in [-0.3, -0.25) is 4.79 Å². The van der Waals surface area contributed by atoms with Gasteiger partial charge in [-0.25, -0.2) is 4.98 Å². The summed E-state index contributed by atoms with van der Waals surface area (Å²) in [6.07, 6.45) is 5.45. The lowest BCUT2D eigenvalue weighted by Crippen LogP contribution is -2.38. The molecular weight excluding hydrogens is 284 g/mol. The number of rotatable bonds is 8. The van der Waals surface area contributed by atoms with E-state index in [1.165, 1.54) is 6.39 Å². The quantitative estimate of drug-likeness (QED) is 0.770. The van der Waals surface area contributed by atoms with E-state index in [4.69, 9.17) is 9.15 Å². The molecule has 2 heterocycles. The first-order chi connectivity index (χ1) is 10.7. The minimum absolute atomic E-state index is 0.0713. The van der Waals surface area contributed by atoms with E-state index >= 15 is 0 Å². The Morgan fingerprint density at radius 2 is 2.27 bits per heavy atom. The summed E-state index contributed by atoms with van der Waals surface area (Å²) in [5.74, 6) is 0.291. The smallest absolute Gasteiger partial charge is 0.273 e. The Hall–Kier alpha value is -1.40. The van der Waals surface area contributed by atoms with Gasteiger partial charge in [0.2, 0.25) is 0 Å². The maximum absolute atomic E-state index is 12.4. The van der Waals surface area contributed by atoms with E-state index in [-0.39, 0.29) is 24.0 Å². The predicted molar refractivity (Wildman–Crippen MR) is 81.5 cm³/mol. The van der Waals surface area contributed by atoms with Crippen LogP contribution in [0.3, 0.4) is 0 Å². The topological polar surface area (TPSA) is 84.6 Å². The van der Waals surface area contributed by atoms with E-state index in [9.17, 15) is 9.90 Å². The summed E-state index contributed by atoms with van der Waals surface area (Å²) in [5.41, 5.74) is 0.245. The summed E-state index contributed by atoms with van der Waals surface area (Å²) < 4.78 is 10.9. The van der Waals surface area contributed by atoms with Crippen molar-refractivity contribution in [3.63, 3.8) is 0 Å². The maximum Gasteiger partial charge on any atom is 0.273 e. The summed E-state index contributed by atoms with van der Waals surface area (Å²) in [4.78, 5) is 16.5. The lowest BCUT2D eigenvalue weighted by molar-refractivity contribution is 0.0837. The lowest BCUT2D eigenvalue weighted by Gasteiger charge is -2.31. The number of hydrogen-bond acceptors (Lipinski definition) is 5. The van der Waals surface area contributed by atoms with Crippen LogP contribution in [-0.4, -0.2) is 35.8 Å². The standard InChI is InChI=1S/C16H26N2O4/c1-3-16(4-2,7-8-19)10-17-15(20)13-14(22-11-18-13)12-6-5-9-21-12/h11-12,19H,3-10H2,1-2H3,(H,17,20). The number of hydrogen-bond donors (Lipinski definition) is 2. The Labute approximate surface area is 131 Å². The number of carbonyl (C=O) groups excluding carboxylic acids is 1. The predicted octanol–water partition coefficient (Wildman–Crippen LogP) is 2.44. The van der Waals surface area contributed by atoms with Crippen LogP contribution in [0.15, 0.2) is 10.8 Å². The molecule has 1 aromatic heterocycles. The molecule has 22 heavy (non-hydrogen) atoms. The fourth-order valence-corrected chi connectivity index (χ4v) is 2.97. The average molecular weight is 310 g/mol. The highest BCUT2D eigenvalue weighted by atomic mass is 16.5. The molecule has 1 saturated heterocycles. The molecule has 2 N–H and O–H groups in total. The third kappa shape index (κ3) is 3.67. The summed E-state index contributed by atoms with van der Waals surface area (Å²) in [7, 11) is 0. The first-order valence-electron chi connectivity index (χ1n) is 8.10. The number of carbonyl (C=O) groups is 1. The van der Waals surface area contributed by atoms with Crippen molar-refractivity contribution in [1.82, 2.24) is 10.3 Å². The number of nitrogens with zero attached hydrogens (tertiary/aromatic N) is 1. The number of aliphatic hydroxyl groups is 1. The number of amides is 1. The van der Waals surface area contributed by atoms with Crippen molar-refractivity contribution in [3.8, 4) is 0 Å². The summed E-state index contributed by atoms with van der Waals surface area (Å²) in [6.45, 7) is 5.51. The van der Waals surface area contributed by atoms with Gasteiger partial charge >= 0.3 is 0 Å². The van der Waals surface area contributed by atoms with Gasteiger partial charge in [0.15, 0.2) is 17.8 Å². The van der Waals surface area contributed by atoms with E-state index in [1.807, 2.05) is 0 Å². The Morgan fingerprint density at radius 3 is 2.86 bits per heavy atom. The van der Waals surface area contributed by atoms with Crippen molar-refractivity contribution in [1.29, 1.82) is 0 Å². The highest BCUT2D eigenvalue weighted by Gasteiger charge is 2.30. The minimum Gasteiger partial charge on any atom is -0.445 e. The highest BCUT2D eigenvalue weighted by molar-refractivity contribution is 5.93. The molecule has 1 aromatic rings. The molecule has 1 fully saturated rings. The molecule has 0 saturated carbocycles. The van der Waals surface area contributed by atoms with Crippen LogP contribution >= 0.6 is 0 Å². The van der Waals surface area contributed by atoms with E-state index in [0.717, 1.165) is 25.7 Å². The number of ether oxygens (including phenoxy) is 1. The average Bonchev–Trinajstić information content (AvgIpc) is 3.21. The molecule has 1 aliphatic rings. The Morgan fingerprint density at radius 1 is 1.50 bits per heavy atom. The number of aliphatic hydroxyl groups excluding tert-OH is 1. The van der Waals surface area contributed by atoms with Gasteiger partial charge in [-0.15, -0.1) is 0 Å². The molecule has 6 nitrogen and oxygen atoms in total. The van der Waals surface area contributed by atoms with Crippen LogP contribution in [0.25, 0.3) is 0 Å². The Kier molecular flexibility index (Phi) is 5.97. The van der Waals surface area contributed by atoms with Crippen molar-refractivity contribution in [2.45, 2.75) is 52.1 Å². The molecule has 0 radical (unpaired) electrons. The zero-order valence-corrected chi connectivity index (χ0v) is 13.4. The number of nitrogens with one attached hydrogen (secondary N) is 1. The van der Waals surface area contributed by atoms with Gasteiger partial charge in [0.1, 0.15) is 6.10 Å². The Balaban J connectivity index is 2.01. The molecule has 1 unspecified atom stereocenters. The van der Waals surface area contributed by atoms with Gasteiger partial charge in [0.25, 0.3) is 5.91 Å². The van der Waals surface area contributed by atoms with Crippen molar-refractivity contribution >= 4 is 5.91 Å². The fraction of sp³-hybridized carbons (Fsp3) is 0.750. The molecule has 1 amide bonds.